The number of ketones is 1. The second kappa shape index (κ2) is 4.95. The van der Waals surface area contributed by atoms with Crippen molar-refractivity contribution in [1.82, 2.24) is 0 Å². The molecular formula is C16H22O3. The Balaban J connectivity index is 2.36. The first kappa shape index (κ1) is 14.0. The summed E-state index contributed by atoms with van der Waals surface area (Å²) in [6, 6.07) is 0. The molecule has 0 aromatic rings. The molecule has 0 spiro atoms. The molecule has 2 aliphatic carbocycles. The van der Waals surface area contributed by atoms with Crippen molar-refractivity contribution >= 4 is 11.8 Å². The molecule has 0 aromatic heterocycles. The molecule has 0 aliphatic heterocycles. The third-order valence-electron chi connectivity index (χ3n) is 4.62. The largest absolute Gasteiger partial charge is 0.466 e. The number of hydrogen-bond donors (Lipinski definition) is 0. The Morgan fingerprint density at radius 3 is 2.79 bits per heavy atom. The molecule has 0 aromatic carbocycles. The van der Waals surface area contributed by atoms with Gasteiger partial charge in [0.15, 0.2) is 5.78 Å². The van der Waals surface area contributed by atoms with Crippen molar-refractivity contribution in [3.05, 3.63) is 23.3 Å². The zero-order chi connectivity index (χ0) is 14.2. The van der Waals surface area contributed by atoms with Crippen molar-refractivity contribution in [2.45, 2.75) is 40.0 Å². The summed E-state index contributed by atoms with van der Waals surface area (Å²) in [5.41, 5.74) is 1.62. The summed E-state index contributed by atoms with van der Waals surface area (Å²) in [7, 11) is 1.34. The summed E-state index contributed by atoms with van der Waals surface area (Å²) in [5, 5.41) is 0. The van der Waals surface area contributed by atoms with Gasteiger partial charge < -0.3 is 4.74 Å². The van der Waals surface area contributed by atoms with Crippen molar-refractivity contribution in [3.63, 3.8) is 0 Å². The lowest BCUT2D eigenvalue weighted by atomic mass is 9.58. The number of fused-ring (bicyclic) bond motifs is 1. The molecule has 2 unspecified atom stereocenters. The molecule has 104 valence electrons. The van der Waals surface area contributed by atoms with Crippen LogP contribution in [0.2, 0.25) is 0 Å². The quantitative estimate of drug-likeness (QED) is 0.414. The van der Waals surface area contributed by atoms with Crippen molar-refractivity contribution in [1.29, 1.82) is 0 Å². The van der Waals surface area contributed by atoms with Crippen LogP contribution in [0.3, 0.4) is 0 Å². The van der Waals surface area contributed by atoms with E-state index in [0.29, 0.717) is 23.8 Å². The van der Waals surface area contributed by atoms with Crippen LogP contribution in [0.5, 0.6) is 0 Å². The van der Waals surface area contributed by atoms with E-state index in [0.717, 1.165) is 12.8 Å². The average molecular weight is 262 g/mol. The third-order valence-corrected chi connectivity index (χ3v) is 4.62. The van der Waals surface area contributed by atoms with Gasteiger partial charge in [-0.25, -0.2) is 4.79 Å². The lowest BCUT2D eigenvalue weighted by molar-refractivity contribution is -0.136. The first-order chi connectivity index (χ1) is 8.86. The maximum Gasteiger partial charge on any atom is 0.330 e. The molecule has 0 N–H and O–H groups in total. The van der Waals surface area contributed by atoms with E-state index < -0.39 is 5.97 Å². The SMILES string of the molecule is COC(=O)/C=C1/CC2C=C(C)CCC2C(C)(C)C1=O. The Kier molecular flexibility index (Phi) is 3.66. The highest BCUT2D eigenvalue weighted by Gasteiger charge is 2.47. The molecule has 0 saturated heterocycles. The van der Waals surface area contributed by atoms with Crippen LogP contribution in [0.1, 0.15) is 40.0 Å². The van der Waals surface area contributed by atoms with Crippen LogP contribution in [0.15, 0.2) is 23.3 Å². The highest BCUT2D eigenvalue weighted by Crippen LogP contribution is 2.49. The van der Waals surface area contributed by atoms with Crippen LogP contribution < -0.4 is 0 Å². The number of rotatable bonds is 1. The topological polar surface area (TPSA) is 43.4 Å². The maximum atomic E-state index is 12.5. The van der Waals surface area contributed by atoms with E-state index in [-0.39, 0.29) is 11.2 Å². The third kappa shape index (κ3) is 2.51. The molecule has 19 heavy (non-hydrogen) atoms. The fourth-order valence-electron chi connectivity index (χ4n) is 3.51. The summed E-state index contributed by atoms with van der Waals surface area (Å²) >= 11 is 0. The summed E-state index contributed by atoms with van der Waals surface area (Å²) in [4.78, 5) is 23.9. The normalized spacial score (nSPS) is 31.7. The molecule has 2 aliphatic rings. The van der Waals surface area contributed by atoms with Gasteiger partial charge in [0.2, 0.25) is 0 Å². The van der Waals surface area contributed by atoms with Crippen LogP contribution in [-0.2, 0) is 14.3 Å². The van der Waals surface area contributed by atoms with Gasteiger partial charge in [0, 0.05) is 17.1 Å². The predicted molar refractivity (Wildman–Crippen MR) is 73.5 cm³/mol. The number of carbonyl (C=O) groups is 2. The molecule has 0 amide bonds. The Bertz CT molecular complexity index is 468. The highest BCUT2D eigenvalue weighted by atomic mass is 16.5. The van der Waals surface area contributed by atoms with Crippen LogP contribution >= 0.6 is 0 Å². The molecule has 0 heterocycles. The molecule has 1 fully saturated rings. The lowest BCUT2D eigenvalue weighted by Crippen LogP contribution is -2.44. The minimum Gasteiger partial charge on any atom is -0.466 e. The van der Waals surface area contributed by atoms with E-state index in [2.05, 4.69) is 17.7 Å². The van der Waals surface area contributed by atoms with Gasteiger partial charge in [-0.05, 0) is 38.0 Å². The van der Waals surface area contributed by atoms with Crippen molar-refractivity contribution in [2.24, 2.45) is 17.3 Å². The van der Waals surface area contributed by atoms with Crippen molar-refractivity contribution < 1.29 is 14.3 Å². The molecule has 0 radical (unpaired) electrons. The minimum absolute atomic E-state index is 0.104. The number of esters is 1. The maximum absolute atomic E-state index is 12.5. The van der Waals surface area contributed by atoms with Gasteiger partial charge in [-0.15, -0.1) is 0 Å². The number of ether oxygens (including phenoxy) is 1. The number of carbonyl (C=O) groups excluding carboxylic acids is 2. The standard InChI is InChI=1S/C16H22O3/c1-10-5-6-13-11(7-10)8-12(9-14(17)19-4)15(18)16(13,2)3/h7,9,11,13H,5-6,8H2,1-4H3/b12-9-. The van der Waals surface area contributed by atoms with Gasteiger partial charge >= 0.3 is 5.97 Å². The Morgan fingerprint density at radius 2 is 2.16 bits per heavy atom. The fraction of sp³-hybridized carbons (Fsp3) is 0.625. The molecule has 3 heteroatoms. The van der Waals surface area contributed by atoms with Crippen molar-refractivity contribution in [3.8, 4) is 0 Å². The van der Waals surface area contributed by atoms with Gasteiger partial charge in [-0.3, -0.25) is 4.79 Å². The minimum atomic E-state index is -0.436. The zero-order valence-corrected chi connectivity index (χ0v) is 12.2. The smallest absolute Gasteiger partial charge is 0.330 e. The second-order valence-electron chi connectivity index (χ2n) is 6.27. The summed E-state index contributed by atoms with van der Waals surface area (Å²) < 4.78 is 4.64. The Hall–Kier alpha value is -1.38. The Morgan fingerprint density at radius 1 is 1.47 bits per heavy atom. The summed E-state index contributed by atoms with van der Waals surface area (Å²) in [6.07, 6.45) is 6.47. The van der Waals surface area contributed by atoms with Crippen LogP contribution in [0.25, 0.3) is 0 Å². The monoisotopic (exact) mass is 262 g/mol. The summed E-state index contributed by atoms with van der Waals surface area (Å²) in [5.74, 6) is 0.428. The first-order valence-electron chi connectivity index (χ1n) is 6.87. The molecular weight excluding hydrogens is 240 g/mol. The average Bonchev–Trinajstić information content (AvgIpc) is 2.35. The second-order valence-corrected chi connectivity index (χ2v) is 6.27. The number of methoxy groups -OCH3 is 1. The van der Waals surface area contributed by atoms with Crippen LogP contribution in [0, 0.1) is 17.3 Å². The lowest BCUT2D eigenvalue weighted by Gasteiger charge is -2.45. The van der Waals surface area contributed by atoms with Gasteiger partial charge in [-0.1, -0.05) is 25.5 Å². The fourth-order valence-corrected chi connectivity index (χ4v) is 3.51. The molecule has 2 rings (SSSR count). The van der Waals surface area contributed by atoms with E-state index in [1.165, 1.54) is 18.8 Å². The number of Topliss-reactive ketones (excluding diaryl/α,β-unsaturated/α-hetero) is 1. The van der Waals surface area contributed by atoms with Gasteiger partial charge in [0.25, 0.3) is 0 Å². The van der Waals surface area contributed by atoms with E-state index in [4.69, 9.17) is 0 Å². The molecule has 1 saturated carbocycles. The van der Waals surface area contributed by atoms with E-state index in [1.807, 2.05) is 13.8 Å². The molecule has 3 nitrogen and oxygen atoms in total. The molecule has 0 bridgehead atoms. The zero-order valence-electron chi connectivity index (χ0n) is 12.2. The highest BCUT2D eigenvalue weighted by molar-refractivity contribution is 6.04. The number of hydrogen-bond acceptors (Lipinski definition) is 3. The van der Waals surface area contributed by atoms with Gasteiger partial charge in [0.1, 0.15) is 0 Å². The van der Waals surface area contributed by atoms with Crippen LogP contribution in [0.4, 0.5) is 0 Å². The first-order valence-corrected chi connectivity index (χ1v) is 6.87. The van der Waals surface area contributed by atoms with E-state index in [1.54, 1.807) is 0 Å². The Labute approximate surface area is 114 Å². The van der Waals surface area contributed by atoms with E-state index >= 15 is 0 Å². The van der Waals surface area contributed by atoms with Crippen molar-refractivity contribution in [2.75, 3.05) is 7.11 Å². The van der Waals surface area contributed by atoms with Gasteiger partial charge in [-0.2, -0.15) is 0 Å². The van der Waals surface area contributed by atoms with Crippen LogP contribution in [-0.4, -0.2) is 18.9 Å². The number of allylic oxidation sites excluding steroid dienone is 3. The molecule has 2 atom stereocenters. The van der Waals surface area contributed by atoms with Gasteiger partial charge in [0.05, 0.1) is 7.11 Å². The van der Waals surface area contributed by atoms with E-state index in [9.17, 15) is 9.59 Å². The predicted octanol–water partition coefficient (Wildman–Crippen LogP) is 3.06. The summed E-state index contributed by atoms with van der Waals surface area (Å²) in [6.45, 7) is 6.15.